The van der Waals surface area contributed by atoms with Crippen LogP contribution in [-0.4, -0.2) is 77.6 Å². The van der Waals surface area contributed by atoms with Crippen molar-refractivity contribution in [2.45, 2.75) is 58.2 Å². The molecule has 3 heterocycles. The number of halogens is 1. The second kappa shape index (κ2) is 12.2. The first-order chi connectivity index (χ1) is 17.7. The number of benzene rings is 1. The summed E-state index contributed by atoms with van der Waals surface area (Å²) in [6.45, 7) is 9.44. The molecule has 4 rings (SSSR count). The number of amides is 2. The minimum Gasteiger partial charge on any atom is -0.490 e. The van der Waals surface area contributed by atoms with Crippen LogP contribution in [0, 0.1) is 13.8 Å². The first-order valence-electron chi connectivity index (χ1n) is 12.9. The normalized spacial score (nSPS) is 21.0. The summed E-state index contributed by atoms with van der Waals surface area (Å²) in [6, 6.07) is 9.87. The van der Waals surface area contributed by atoms with E-state index in [4.69, 9.17) is 21.1 Å². The number of likely N-dealkylation sites (tertiary alicyclic amines) is 1. The highest BCUT2D eigenvalue weighted by atomic mass is 35.5. The second-order valence-corrected chi connectivity index (χ2v) is 10.6. The zero-order chi connectivity index (χ0) is 26.4. The van der Waals surface area contributed by atoms with Gasteiger partial charge in [0.1, 0.15) is 18.0 Å². The number of hydrogen-bond donors (Lipinski definition) is 1. The molecule has 2 fully saturated rings. The molecule has 2 aliphatic rings. The molecule has 37 heavy (non-hydrogen) atoms. The van der Waals surface area contributed by atoms with Crippen molar-refractivity contribution >= 4 is 23.4 Å². The standard InChI is InChI=1S/C28H37ClN4O4/c1-20-14-25(15-21(2)27(20)29)36-19-28(16-26(35)33-10-7-23(8-11-33)31-22(3)34)18-32(12-13-37-28)17-24-6-4-5-9-30-24/h4-6,9,14-15,23H,7-8,10-13,16-19H2,1-3H3,(H,31,34)/t28-/m0/s1. The summed E-state index contributed by atoms with van der Waals surface area (Å²) < 4.78 is 12.6. The van der Waals surface area contributed by atoms with Crippen molar-refractivity contribution < 1.29 is 19.1 Å². The number of morpholine rings is 1. The number of rotatable bonds is 8. The lowest BCUT2D eigenvalue weighted by Crippen LogP contribution is -2.57. The lowest BCUT2D eigenvalue weighted by Gasteiger charge is -2.43. The molecule has 0 radical (unpaired) electrons. The number of nitrogens with one attached hydrogen (secondary N) is 1. The van der Waals surface area contributed by atoms with Crippen LogP contribution >= 0.6 is 11.6 Å². The Labute approximate surface area is 224 Å². The number of piperidine rings is 1. The van der Waals surface area contributed by atoms with E-state index in [-0.39, 0.29) is 30.9 Å². The van der Waals surface area contributed by atoms with Gasteiger partial charge in [0.2, 0.25) is 11.8 Å². The highest BCUT2D eigenvalue weighted by molar-refractivity contribution is 6.32. The minimum absolute atomic E-state index is 0.0304. The van der Waals surface area contributed by atoms with Crippen LogP contribution in [-0.2, 0) is 20.9 Å². The van der Waals surface area contributed by atoms with E-state index >= 15 is 0 Å². The molecule has 0 aliphatic carbocycles. The van der Waals surface area contributed by atoms with Gasteiger partial charge in [-0.15, -0.1) is 0 Å². The number of aryl methyl sites for hydroxylation is 2. The highest BCUT2D eigenvalue weighted by Gasteiger charge is 2.41. The third kappa shape index (κ3) is 7.43. The number of hydrogen-bond acceptors (Lipinski definition) is 6. The Bertz CT molecular complexity index is 1070. The Balaban J connectivity index is 1.47. The molecule has 0 saturated carbocycles. The molecule has 0 bridgehead atoms. The third-order valence-corrected chi connectivity index (χ3v) is 7.68. The average Bonchev–Trinajstić information content (AvgIpc) is 2.87. The van der Waals surface area contributed by atoms with Gasteiger partial charge in [0.15, 0.2) is 0 Å². The minimum atomic E-state index is -0.792. The van der Waals surface area contributed by atoms with Crippen molar-refractivity contribution in [2.75, 3.05) is 39.4 Å². The van der Waals surface area contributed by atoms with Gasteiger partial charge >= 0.3 is 0 Å². The molecule has 2 saturated heterocycles. The molecule has 1 aromatic carbocycles. The van der Waals surface area contributed by atoms with E-state index in [1.54, 1.807) is 6.20 Å². The van der Waals surface area contributed by atoms with Gasteiger partial charge in [-0.3, -0.25) is 19.5 Å². The van der Waals surface area contributed by atoms with Crippen molar-refractivity contribution in [3.05, 3.63) is 58.4 Å². The molecular weight excluding hydrogens is 492 g/mol. The lowest BCUT2D eigenvalue weighted by atomic mass is 9.95. The molecule has 200 valence electrons. The summed E-state index contributed by atoms with van der Waals surface area (Å²) in [4.78, 5) is 33.5. The van der Waals surface area contributed by atoms with Crippen molar-refractivity contribution in [1.29, 1.82) is 0 Å². The zero-order valence-electron chi connectivity index (χ0n) is 22.0. The zero-order valence-corrected chi connectivity index (χ0v) is 22.7. The molecule has 2 amide bonds. The fraction of sp³-hybridized carbons (Fsp3) is 0.536. The number of carbonyl (C=O) groups is 2. The van der Waals surface area contributed by atoms with E-state index in [0.717, 1.165) is 41.2 Å². The molecule has 1 N–H and O–H groups in total. The number of aromatic nitrogens is 1. The van der Waals surface area contributed by atoms with Crippen LogP contribution in [0.1, 0.15) is 43.0 Å². The first kappa shape index (κ1) is 27.4. The van der Waals surface area contributed by atoms with Gasteiger partial charge < -0.3 is 19.7 Å². The molecular formula is C28H37ClN4O4. The van der Waals surface area contributed by atoms with E-state index < -0.39 is 5.60 Å². The predicted octanol–water partition coefficient (Wildman–Crippen LogP) is 3.52. The summed E-state index contributed by atoms with van der Waals surface area (Å²) in [7, 11) is 0. The maximum atomic E-state index is 13.5. The van der Waals surface area contributed by atoms with Gasteiger partial charge in [0.05, 0.1) is 18.7 Å². The Morgan fingerprint density at radius 2 is 1.92 bits per heavy atom. The van der Waals surface area contributed by atoms with Crippen LogP contribution in [0.15, 0.2) is 36.5 Å². The Morgan fingerprint density at radius 1 is 1.19 bits per heavy atom. The fourth-order valence-corrected chi connectivity index (χ4v) is 5.29. The monoisotopic (exact) mass is 528 g/mol. The number of pyridine rings is 1. The van der Waals surface area contributed by atoms with Crippen LogP contribution in [0.2, 0.25) is 5.02 Å². The average molecular weight is 529 g/mol. The Kier molecular flexibility index (Phi) is 9.05. The summed E-state index contributed by atoms with van der Waals surface area (Å²) in [5, 5.41) is 3.70. The topological polar surface area (TPSA) is 84.0 Å². The summed E-state index contributed by atoms with van der Waals surface area (Å²) >= 11 is 6.35. The summed E-state index contributed by atoms with van der Waals surface area (Å²) in [5.41, 5.74) is 2.09. The summed E-state index contributed by atoms with van der Waals surface area (Å²) in [5.74, 6) is 0.734. The molecule has 0 unspecified atom stereocenters. The van der Waals surface area contributed by atoms with Crippen LogP contribution in [0.3, 0.4) is 0 Å². The Morgan fingerprint density at radius 3 is 2.57 bits per heavy atom. The SMILES string of the molecule is CC(=O)NC1CCN(C(=O)C[C@@]2(COc3cc(C)c(Cl)c(C)c3)CN(Cc3ccccn3)CCO2)CC1. The third-order valence-electron chi connectivity index (χ3n) is 7.08. The van der Waals surface area contributed by atoms with E-state index in [1.165, 1.54) is 6.92 Å². The van der Waals surface area contributed by atoms with E-state index in [0.29, 0.717) is 38.5 Å². The number of nitrogens with zero attached hydrogens (tertiary/aromatic N) is 3. The van der Waals surface area contributed by atoms with Gasteiger partial charge in [-0.25, -0.2) is 0 Å². The van der Waals surface area contributed by atoms with Crippen LogP contribution in [0.5, 0.6) is 5.75 Å². The number of carbonyl (C=O) groups excluding carboxylic acids is 2. The Hall–Kier alpha value is -2.68. The van der Waals surface area contributed by atoms with Gasteiger partial charge in [0.25, 0.3) is 0 Å². The molecule has 2 aromatic rings. The second-order valence-electron chi connectivity index (χ2n) is 10.3. The lowest BCUT2D eigenvalue weighted by molar-refractivity contribution is -0.157. The maximum Gasteiger partial charge on any atom is 0.225 e. The smallest absolute Gasteiger partial charge is 0.225 e. The maximum absolute atomic E-state index is 13.5. The molecule has 1 atom stereocenters. The van der Waals surface area contributed by atoms with Crippen LogP contribution in [0.4, 0.5) is 0 Å². The van der Waals surface area contributed by atoms with Crippen LogP contribution in [0.25, 0.3) is 0 Å². The van der Waals surface area contributed by atoms with E-state index in [1.807, 2.05) is 49.1 Å². The van der Waals surface area contributed by atoms with E-state index in [9.17, 15) is 9.59 Å². The largest absolute Gasteiger partial charge is 0.490 e. The molecule has 0 spiro atoms. The van der Waals surface area contributed by atoms with Crippen molar-refractivity contribution in [1.82, 2.24) is 20.1 Å². The molecule has 9 heteroatoms. The molecule has 2 aliphatic heterocycles. The predicted molar refractivity (Wildman–Crippen MR) is 143 cm³/mol. The van der Waals surface area contributed by atoms with Crippen molar-refractivity contribution in [2.24, 2.45) is 0 Å². The van der Waals surface area contributed by atoms with Gasteiger partial charge in [-0.05, 0) is 62.1 Å². The number of ether oxygens (including phenoxy) is 2. The fourth-order valence-electron chi connectivity index (χ4n) is 5.18. The molecule has 8 nitrogen and oxygen atoms in total. The van der Waals surface area contributed by atoms with Gasteiger partial charge in [-0.1, -0.05) is 17.7 Å². The van der Waals surface area contributed by atoms with Crippen LogP contribution < -0.4 is 10.1 Å². The first-order valence-corrected chi connectivity index (χ1v) is 13.3. The highest BCUT2D eigenvalue weighted by Crippen LogP contribution is 2.30. The van der Waals surface area contributed by atoms with Crippen molar-refractivity contribution in [3.63, 3.8) is 0 Å². The quantitative estimate of drug-likeness (QED) is 0.564. The van der Waals surface area contributed by atoms with Gasteiger partial charge in [0, 0.05) is 56.9 Å². The van der Waals surface area contributed by atoms with Crippen molar-refractivity contribution in [3.8, 4) is 5.75 Å². The summed E-state index contributed by atoms with van der Waals surface area (Å²) in [6.07, 6.45) is 3.53. The molecule has 1 aromatic heterocycles. The van der Waals surface area contributed by atoms with E-state index in [2.05, 4.69) is 15.2 Å². The van der Waals surface area contributed by atoms with Gasteiger partial charge in [-0.2, -0.15) is 0 Å².